The first kappa shape index (κ1) is 10.3. The third-order valence-corrected chi connectivity index (χ3v) is 3.23. The lowest BCUT2D eigenvalue weighted by atomic mass is 10.2. The topological polar surface area (TPSA) is 50.2 Å². The molecule has 2 aromatic heterocycles. The van der Waals surface area contributed by atoms with Gasteiger partial charge in [0.1, 0.15) is 0 Å². The van der Waals surface area contributed by atoms with E-state index in [1.165, 1.54) is 16.8 Å². The molecule has 0 saturated carbocycles. The summed E-state index contributed by atoms with van der Waals surface area (Å²) in [6.07, 6.45) is 1.51. The van der Waals surface area contributed by atoms with Crippen LogP contribution in [-0.2, 0) is 0 Å². The summed E-state index contributed by atoms with van der Waals surface area (Å²) in [6.45, 7) is 0. The second kappa shape index (κ2) is 3.85. The van der Waals surface area contributed by atoms with Gasteiger partial charge in [-0.05, 0) is 6.07 Å². The van der Waals surface area contributed by atoms with Gasteiger partial charge in [-0.3, -0.25) is 9.89 Å². The van der Waals surface area contributed by atoms with Gasteiger partial charge in [-0.1, -0.05) is 34.1 Å². The molecule has 2 heterocycles. The second-order valence-electron chi connectivity index (χ2n) is 3.63. The number of nitrogens with one attached hydrogen (secondary N) is 1. The van der Waals surface area contributed by atoms with Crippen molar-refractivity contribution < 1.29 is 0 Å². The van der Waals surface area contributed by atoms with E-state index in [0.29, 0.717) is 5.65 Å². The molecule has 3 rings (SSSR count). The number of hydrogen-bond acceptors (Lipinski definition) is 2. The lowest BCUT2D eigenvalue weighted by Crippen LogP contribution is -2.12. The van der Waals surface area contributed by atoms with Gasteiger partial charge in [0.25, 0.3) is 5.56 Å². The third-order valence-electron chi connectivity index (χ3n) is 2.54. The summed E-state index contributed by atoms with van der Waals surface area (Å²) in [7, 11) is 0. The minimum atomic E-state index is -0.117. The van der Waals surface area contributed by atoms with E-state index in [9.17, 15) is 4.79 Å². The second-order valence-corrected chi connectivity index (χ2v) is 4.48. The minimum absolute atomic E-state index is 0.117. The van der Waals surface area contributed by atoms with Crippen molar-refractivity contribution in [3.63, 3.8) is 0 Å². The lowest BCUT2D eigenvalue weighted by Gasteiger charge is -1.99. The molecule has 0 atom stereocenters. The standard InChI is InChI=1S/C12H8BrN3O/c13-9-4-2-1-3-8(9)10-7-11-14-6-5-12(17)16(11)15-10/h1-7,15H. The summed E-state index contributed by atoms with van der Waals surface area (Å²) in [5, 5.41) is 3.03. The highest BCUT2D eigenvalue weighted by molar-refractivity contribution is 9.10. The fourth-order valence-electron chi connectivity index (χ4n) is 1.74. The zero-order valence-corrected chi connectivity index (χ0v) is 10.3. The van der Waals surface area contributed by atoms with Crippen LogP contribution in [0.4, 0.5) is 0 Å². The molecule has 1 N–H and O–H groups in total. The van der Waals surface area contributed by atoms with Crippen LogP contribution in [0.15, 0.2) is 51.9 Å². The van der Waals surface area contributed by atoms with Crippen LogP contribution in [0.3, 0.4) is 0 Å². The molecule has 84 valence electrons. The van der Waals surface area contributed by atoms with Gasteiger partial charge in [0.15, 0.2) is 5.65 Å². The van der Waals surface area contributed by atoms with Gasteiger partial charge in [0.05, 0.1) is 5.69 Å². The van der Waals surface area contributed by atoms with E-state index in [-0.39, 0.29) is 5.56 Å². The first-order chi connectivity index (χ1) is 8.25. The zero-order chi connectivity index (χ0) is 11.8. The maximum atomic E-state index is 11.6. The molecule has 0 radical (unpaired) electrons. The molecular formula is C12H8BrN3O. The van der Waals surface area contributed by atoms with Gasteiger partial charge in [0, 0.05) is 28.4 Å². The first-order valence-electron chi connectivity index (χ1n) is 5.07. The Hall–Kier alpha value is -1.88. The number of H-pyrrole nitrogens is 1. The highest BCUT2D eigenvalue weighted by atomic mass is 79.9. The molecule has 0 spiro atoms. The number of nitrogens with zero attached hydrogens (tertiary/aromatic N) is 2. The van der Waals surface area contributed by atoms with Crippen molar-refractivity contribution in [2.75, 3.05) is 0 Å². The van der Waals surface area contributed by atoms with Crippen LogP contribution >= 0.6 is 15.9 Å². The average molecular weight is 290 g/mol. The lowest BCUT2D eigenvalue weighted by molar-refractivity contribution is 0.902. The van der Waals surface area contributed by atoms with Crippen LogP contribution in [0.5, 0.6) is 0 Å². The fourth-order valence-corrected chi connectivity index (χ4v) is 2.23. The molecule has 1 aromatic carbocycles. The van der Waals surface area contributed by atoms with Crippen molar-refractivity contribution in [1.82, 2.24) is 14.6 Å². The van der Waals surface area contributed by atoms with Gasteiger partial charge in [-0.25, -0.2) is 9.50 Å². The Kier molecular flexibility index (Phi) is 2.33. The summed E-state index contributed by atoms with van der Waals surface area (Å²) in [5.41, 5.74) is 2.35. The van der Waals surface area contributed by atoms with Gasteiger partial charge in [0.2, 0.25) is 0 Å². The van der Waals surface area contributed by atoms with Crippen LogP contribution in [0, 0.1) is 0 Å². The van der Waals surface area contributed by atoms with Crippen molar-refractivity contribution in [2.24, 2.45) is 0 Å². The average Bonchev–Trinajstić information content (AvgIpc) is 2.75. The Morgan fingerprint density at radius 1 is 1.24 bits per heavy atom. The molecule has 4 nitrogen and oxygen atoms in total. The maximum Gasteiger partial charge on any atom is 0.272 e. The third kappa shape index (κ3) is 1.68. The molecule has 3 aromatic rings. The van der Waals surface area contributed by atoms with Crippen molar-refractivity contribution in [1.29, 1.82) is 0 Å². The summed E-state index contributed by atoms with van der Waals surface area (Å²) < 4.78 is 2.40. The fraction of sp³-hybridized carbons (Fsp3) is 0. The molecule has 17 heavy (non-hydrogen) atoms. The molecule has 0 aliphatic rings. The predicted octanol–water partition coefficient (Wildman–Crippen LogP) is 2.45. The van der Waals surface area contributed by atoms with E-state index in [4.69, 9.17) is 0 Å². The van der Waals surface area contributed by atoms with Crippen molar-refractivity contribution >= 4 is 21.6 Å². The van der Waals surface area contributed by atoms with E-state index in [2.05, 4.69) is 26.0 Å². The number of aromatic nitrogens is 3. The number of benzene rings is 1. The summed E-state index contributed by atoms with van der Waals surface area (Å²) in [5.74, 6) is 0. The largest absolute Gasteiger partial charge is 0.289 e. The number of hydrogen-bond donors (Lipinski definition) is 1. The van der Waals surface area contributed by atoms with E-state index >= 15 is 0 Å². The van der Waals surface area contributed by atoms with Gasteiger partial charge in [-0.15, -0.1) is 0 Å². The predicted molar refractivity (Wildman–Crippen MR) is 68.9 cm³/mol. The van der Waals surface area contributed by atoms with Crippen LogP contribution in [0.1, 0.15) is 0 Å². The quantitative estimate of drug-likeness (QED) is 0.748. The highest BCUT2D eigenvalue weighted by Crippen LogP contribution is 2.26. The highest BCUT2D eigenvalue weighted by Gasteiger charge is 2.07. The Balaban J connectivity index is 2.30. The van der Waals surface area contributed by atoms with Crippen molar-refractivity contribution in [2.45, 2.75) is 0 Å². The van der Waals surface area contributed by atoms with E-state index in [0.717, 1.165) is 15.7 Å². The summed E-state index contributed by atoms with van der Waals surface area (Å²) in [4.78, 5) is 15.7. The Labute approximate surface area is 105 Å². The van der Waals surface area contributed by atoms with Gasteiger partial charge in [-0.2, -0.15) is 0 Å². The van der Waals surface area contributed by atoms with Crippen molar-refractivity contribution in [3.8, 4) is 11.3 Å². The molecule has 5 heteroatoms. The van der Waals surface area contributed by atoms with Gasteiger partial charge < -0.3 is 0 Å². The summed E-state index contributed by atoms with van der Waals surface area (Å²) >= 11 is 3.48. The normalized spacial score (nSPS) is 10.9. The van der Waals surface area contributed by atoms with E-state index in [1.807, 2.05) is 30.3 Å². The van der Waals surface area contributed by atoms with Crippen molar-refractivity contribution in [3.05, 3.63) is 57.4 Å². The van der Waals surface area contributed by atoms with Crippen LogP contribution in [-0.4, -0.2) is 14.6 Å². The van der Waals surface area contributed by atoms with E-state index < -0.39 is 0 Å². The van der Waals surface area contributed by atoms with E-state index in [1.54, 1.807) is 0 Å². The Bertz CT molecular complexity index is 745. The van der Waals surface area contributed by atoms with Crippen LogP contribution < -0.4 is 5.56 Å². The number of aromatic amines is 1. The monoisotopic (exact) mass is 289 g/mol. The molecule has 0 bridgehead atoms. The molecule has 0 fully saturated rings. The molecule has 0 aliphatic heterocycles. The maximum absolute atomic E-state index is 11.6. The first-order valence-corrected chi connectivity index (χ1v) is 5.87. The number of halogens is 1. The summed E-state index contributed by atoms with van der Waals surface area (Å²) in [6, 6.07) is 11.1. The minimum Gasteiger partial charge on any atom is -0.289 e. The van der Waals surface area contributed by atoms with Crippen LogP contribution in [0.2, 0.25) is 0 Å². The Morgan fingerprint density at radius 2 is 2.06 bits per heavy atom. The van der Waals surface area contributed by atoms with Crippen LogP contribution in [0.25, 0.3) is 16.9 Å². The smallest absolute Gasteiger partial charge is 0.272 e. The Morgan fingerprint density at radius 3 is 2.82 bits per heavy atom. The SMILES string of the molecule is O=c1ccnc2cc(-c3ccccc3Br)[nH]n12. The molecule has 0 amide bonds. The molecule has 0 unspecified atom stereocenters. The van der Waals surface area contributed by atoms with Gasteiger partial charge >= 0.3 is 0 Å². The molecular weight excluding hydrogens is 282 g/mol. The molecule has 0 saturated heterocycles. The number of rotatable bonds is 1. The molecule has 0 aliphatic carbocycles. The zero-order valence-electron chi connectivity index (χ0n) is 8.72. The number of fused-ring (bicyclic) bond motifs is 1.